The van der Waals surface area contributed by atoms with Crippen molar-refractivity contribution in [1.29, 1.82) is 0 Å². The Labute approximate surface area is 144 Å². The molecule has 1 saturated heterocycles. The Bertz CT molecular complexity index is 524. The summed E-state index contributed by atoms with van der Waals surface area (Å²) >= 11 is 0. The van der Waals surface area contributed by atoms with Crippen LogP contribution in [0.15, 0.2) is 24.3 Å². The van der Waals surface area contributed by atoms with E-state index in [0.717, 1.165) is 62.9 Å². The van der Waals surface area contributed by atoms with Crippen LogP contribution in [0.4, 0.5) is 0 Å². The van der Waals surface area contributed by atoms with E-state index in [1.165, 1.54) is 0 Å². The quantitative estimate of drug-likeness (QED) is 0.887. The van der Waals surface area contributed by atoms with Crippen molar-refractivity contribution < 1.29 is 9.53 Å². The summed E-state index contributed by atoms with van der Waals surface area (Å²) in [5.41, 5.74) is 0.733. The maximum Gasteiger partial charge on any atom is 0.230 e. The second-order valence-electron chi connectivity index (χ2n) is 6.54. The van der Waals surface area contributed by atoms with Crippen LogP contribution in [0.1, 0.15) is 44.1 Å². The number of rotatable bonds is 4. The van der Waals surface area contributed by atoms with Crippen LogP contribution >= 0.6 is 12.4 Å². The Kier molecular flexibility index (Phi) is 6.31. The number of methoxy groups -OCH3 is 1. The lowest BCUT2D eigenvalue weighted by atomic mass is 9.77. The maximum atomic E-state index is 13.1. The van der Waals surface area contributed by atoms with E-state index in [2.05, 4.69) is 16.7 Å². The zero-order valence-corrected chi connectivity index (χ0v) is 14.6. The topological polar surface area (TPSA) is 50.4 Å². The predicted octanol–water partition coefficient (Wildman–Crippen LogP) is 2.80. The fourth-order valence-corrected chi connectivity index (χ4v) is 3.84. The number of halogens is 1. The van der Waals surface area contributed by atoms with Crippen LogP contribution in [0.5, 0.6) is 5.75 Å². The molecule has 5 heteroatoms. The summed E-state index contributed by atoms with van der Waals surface area (Å²) in [6.07, 6.45) is 6.32. The Balaban J connectivity index is 0.00000192. The monoisotopic (exact) mass is 338 g/mol. The van der Waals surface area contributed by atoms with E-state index in [-0.39, 0.29) is 29.8 Å². The molecule has 0 aromatic heterocycles. The summed E-state index contributed by atoms with van der Waals surface area (Å²) in [6.45, 7) is 1.95. The number of benzene rings is 1. The van der Waals surface area contributed by atoms with Crippen molar-refractivity contribution in [2.45, 2.75) is 50.0 Å². The van der Waals surface area contributed by atoms with Gasteiger partial charge in [-0.2, -0.15) is 0 Å². The van der Waals surface area contributed by atoms with Crippen LogP contribution in [-0.2, 0) is 10.2 Å². The number of carbonyl (C=O) groups is 1. The number of hydrogen-bond acceptors (Lipinski definition) is 3. The molecule has 2 aliphatic rings. The molecule has 1 aromatic carbocycles. The first-order valence-electron chi connectivity index (χ1n) is 8.41. The standard InChI is InChI=1S/C18H26N2O2.ClH/c1-22-16-8-4-6-14(12-16)18(9-2-3-10-18)17(21)20-15-7-5-11-19-13-15;/h4,6,8,12,15,19H,2-3,5,7,9-11,13H2,1H3,(H,20,21);1H. The molecule has 0 spiro atoms. The molecule has 4 nitrogen and oxygen atoms in total. The number of piperidine rings is 1. The minimum atomic E-state index is -0.369. The van der Waals surface area contributed by atoms with Gasteiger partial charge in [0.15, 0.2) is 0 Å². The molecule has 1 atom stereocenters. The van der Waals surface area contributed by atoms with E-state index in [1.807, 2.05) is 18.2 Å². The summed E-state index contributed by atoms with van der Waals surface area (Å²) in [7, 11) is 1.67. The van der Waals surface area contributed by atoms with Crippen LogP contribution in [0, 0.1) is 0 Å². The largest absolute Gasteiger partial charge is 0.497 e. The third-order valence-corrected chi connectivity index (χ3v) is 5.15. The molecule has 2 N–H and O–H groups in total. The highest BCUT2D eigenvalue weighted by Crippen LogP contribution is 2.42. The molecular formula is C18H27ClN2O2. The summed E-state index contributed by atoms with van der Waals surface area (Å²) in [6, 6.07) is 8.30. The highest BCUT2D eigenvalue weighted by molar-refractivity contribution is 5.89. The lowest BCUT2D eigenvalue weighted by Crippen LogP contribution is -2.51. The molecule has 128 valence electrons. The Hall–Kier alpha value is -1.26. The smallest absolute Gasteiger partial charge is 0.230 e. The minimum absolute atomic E-state index is 0. The van der Waals surface area contributed by atoms with Gasteiger partial charge >= 0.3 is 0 Å². The summed E-state index contributed by atoms with van der Waals surface area (Å²) in [4.78, 5) is 13.1. The highest BCUT2D eigenvalue weighted by atomic mass is 35.5. The van der Waals surface area contributed by atoms with Crippen LogP contribution in [-0.4, -0.2) is 32.1 Å². The fraction of sp³-hybridized carbons (Fsp3) is 0.611. The molecule has 1 unspecified atom stereocenters. The third kappa shape index (κ3) is 3.81. The first-order valence-corrected chi connectivity index (χ1v) is 8.41. The van der Waals surface area contributed by atoms with E-state index in [1.54, 1.807) is 7.11 Å². The number of amides is 1. The van der Waals surface area contributed by atoms with Gasteiger partial charge in [-0.3, -0.25) is 4.79 Å². The highest BCUT2D eigenvalue weighted by Gasteiger charge is 2.43. The van der Waals surface area contributed by atoms with Crippen LogP contribution in [0.25, 0.3) is 0 Å². The normalized spacial score (nSPS) is 22.9. The number of ether oxygens (including phenoxy) is 1. The molecule has 1 amide bonds. The molecule has 0 bridgehead atoms. The molecule has 2 fully saturated rings. The van der Waals surface area contributed by atoms with Gasteiger partial charge in [-0.25, -0.2) is 0 Å². The number of hydrogen-bond donors (Lipinski definition) is 2. The minimum Gasteiger partial charge on any atom is -0.497 e. The van der Waals surface area contributed by atoms with Crippen molar-refractivity contribution >= 4 is 18.3 Å². The fourth-order valence-electron chi connectivity index (χ4n) is 3.84. The molecule has 3 rings (SSSR count). The molecule has 1 aliphatic heterocycles. The average Bonchev–Trinajstić information content (AvgIpc) is 3.07. The van der Waals surface area contributed by atoms with Crippen molar-refractivity contribution in [3.63, 3.8) is 0 Å². The number of carbonyl (C=O) groups excluding carboxylic acids is 1. The van der Waals surface area contributed by atoms with E-state index >= 15 is 0 Å². The van der Waals surface area contributed by atoms with Gasteiger partial charge in [0.05, 0.1) is 12.5 Å². The van der Waals surface area contributed by atoms with Gasteiger partial charge in [0.2, 0.25) is 5.91 Å². The average molecular weight is 339 g/mol. The van der Waals surface area contributed by atoms with Gasteiger partial charge in [-0.1, -0.05) is 25.0 Å². The van der Waals surface area contributed by atoms with E-state index in [0.29, 0.717) is 0 Å². The molecule has 1 saturated carbocycles. The van der Waals surface area contributed by atoms with Crippen LogP contribution < -0.4 is 15.4 Å². The molecule has 1 aromatic rings. The van der Waals surface area contributed by atoms with Gasteiger partial charge in [-0.15, -0.1) is 12.4 Å². The van der Waals surface area contributed by atoms with Crippen molar-refractivity contribution in [2.24, 2.45) is 0 Å². The molecule has 23 heavy (non-hydrogen) atoms. The Morgan fingerprint density at radius 3 is 2.74 bits per heavy atom. The zero-order valence-electron chi connectivity index (χ0n) is 13.8. The van der Waals surface area contributed by atoms with Gasteiger partial charge in [0.1, 0.15) is 5.75 Å². The maximum absolute atomic E-state index is 13.1. The van der Waals surface area contributed by atoms with Gasteiger partial charge in [-0.05, 0) is 49.9 Å². The Morgan fingerprint density at radius 2 is 2.09 bits per heavy atom. The molecule has 0 radical (unpaired) electrons. The lowest BCUT2D eigenvalue weighted by molar-refractivity contribution is -0.127. The van der Waals surface area contributed by atoms with Crippen LogP contribution in [0.3, 0.4) is 0 Å². The summed E-state index contributed by atoms with van der Waals surface area (Å²) in [5, 5.41) is 6.66. The van der Waals surface area contributed by atoms with Crippen molar-refractivity contribution in [2.75, 3.05) is 20.2 Å². The van der Waals surface area contributed by atoms with Crippen molar-refractivity contribution in [3.05, 3.63) is 29.8 Å². The van der Waals surface area contributed by atoms with Gasteiger partial charge < -0.3 is 15.4 Å². The van der Waals surface area contributed by atoms with Crippen molar-refractivity contribution in [1.82, 2.24) is 10.6 Å². The van der Waals surface area contributed by atoms with E-state index in [9.17, 15) is 4.79 Å². The SMILES string of the molecule is COc1cccc(C2(C(=O)NC3CCCNC3)CCCC2)c1.Cl. The molecule has 1 heterocycles. The lowest BCUT2D eigenvalue weighted by Gasteiger charge is -2.32. The van der Waals surface area contributed by atoms with Gasteiger partial charge in [0, 0.05) is 12.6 Å². The van der Waals surface area contributed by atoms with Crippen molar-refractivity contribution in [3.8, 4) is 5.75 Å². The van der Waals surface area contributed by atoms with Crippen LogP contribution in [0.2, 0.25) is 0 Å². The summed E-state index contributed by atoms with van der Waals surface area (Å²) in [5.74, 6) is 1.03. The third-order valence-electron chi connectivity index (χ3n) is 5.15. The zero-order chi connectivity index (χ0) is 15.4. The Morgan fingerprint density at radius 1 is 1.30 bits per heavy atom. The summed E-state index contributed by atoms with van der Waals surface area (Å²) < 4.78 is 5.35. The molecule has 1 aliphatic carbocycles. The first-order chi connectivity index (χ1) is 10.7. The van der Waals surface area contributed by atoms with E-state index < -0.39 is 0 Å². The first kappa shape index (κ1) is 18.1. The second-order valence-corrected chi connectivity index (χ2v) is 6.54. The second kappa shape index (κ2) is 8.02. The van der Waals surface area contributed by atoms with E-state index in [4.69, 9.17) is 4.74 Å². The predicted molar refractivity (Wildman–Crippen MR) is 94.4 cm³/mol. The number of nitrogens with one attached hydrogen (secondary N) is 2. The van der Waals surface area contributed by atoms with Gasteiger partial charge in [0.25, 0.3) is 0 Å². The molecular weight excluding hydrogens is 312 g/mol.